The Hall–Kier alpha value is -0.210. The lowest BCUT2D eigenvalue weighted by atomic mass is 9.98. The van der Waals surface area contributed by atoms with Gasteiger partial charge in [-0.2, -0.15) is 17.0 Å². The molecule has 0 unspecified atom stereocenters. The minimum Gasteiger partial charge on any atom is -0.379 e. The van der Waals surface area contributed by atoms with Crippen molar-refractivity contribution in [2.75, 3.05) is 52.5 Å². The second-order valence-corrected chi connectivity index (χ2v) is 7.49. The largest absolute Gasteiger partial charge is 0.379 e. The van der Waals surface area contributed by atoms with Crippen LogP contribution in [0.1, 0.15) is 26.2 Å². The molecule has 0 aromatic carbocycles. The van der Waals surface area contributed by atoms with Crippen molar-refractivity contribution < 1.29 is 13.2 Å². The summed E-state index contributed by atoms with van der Waals surface area (Å²) < 4.78 is 33.4. The van der Waals surface area contributed by atoms with Crippen LogP contribution in [-0.2, 0) is 14.9 Å². The van der Waals surface area contributed by atoms with Crippen molar-refractivity contribution >= 4 is 10.2 Å². The molecule has 0 radical (unpaired) electrons. The van der Waals surface area contributed by atoms with Crippen molar-refractivity contribution in [2.24, 2.45) is 5.92 Å². The molecule has 0 bridgehead atoms. The molecule has 2 saturated heterocycles. The summed E-state index contributed by atoms with van der Waals surface area (Å²) >= 11 is 0. The fourth-order valence-electron chi connectivity index (χ4n) is 2.77. The highest BCUT2D eigenvalue weighted by molar-refractivity contribution is 7.86. The molecule has 0 amide bonds. The fraction of sp³-hybridized carbons (Fsp3) is 1.00. The third kappa shape index (κ3) is 4.14. The van der Waals surface area contributed by atoms with Gasteiger partial charge in [0.25, 0.3) is 10.2 Å². The lowest BCUT2D eigenvalue weighted by Gasteiger charge is -2.36. The van der Waals surface area contributed by atoms with Crippen molar-refractivity contribution in [1.29, 1.82) is 0 Å². The number of hydrogen-bond acceptors (Lipinski definition) is 4. The highest BCUT2D eigenvalue weighted by Gasteiger charge is 2.33. The summed E-state index contributed by atoms with van der Waals surface area (Å²) in [4.78, 5) is 0. The first-order chi connectivity index (χ1) is 9.64. The molecule has 7 heteroatoms. The minimum absolute atomic E-state index is 0.486. The van der Waals surface area contributed by atoms with E-state index in [1.807, 2.05) is 0 Å². The van der Waals surface area contributed by atoms with Crippen LogP contribution in [0.15, 0.2) is 0 Å². The van der Waals surface area contributed by atoms with Crippen molar-refractivity contribution in [1.82, 2.24) is 13.9 Å². The second-order valence-electron chi connectivity index (χ2n) is 5.57. The number of morpholine rings is 1. The number of ether oxygens (including phenoxy) is 1. The Morgan fingerprint density at radius 2 is 1.70 bits per heavy atom. The van der Waals surface area contributed by atoms with Gasteiger partial charge in [0.15, 0.2) is 0 Å². The first-order valence-corrected chi connectivity index (χ1v) is 9.08. The van der Waals surface area contributed by atoms with E-state index in [0.717, 1.165) is 32.4 Å². The summed E-state index contributed by atoms with van der Waals surface area (Å²) in [6, 6.07) is 0. The Balaban J connectivity index is 1.80. The Kier molecular flexibility index (Phi) is 6.22. The molecule has 0 saturated carbocycles. The summed E-state index contributed by atoms with van der Waals surface area (Å²) in [6.45, 7) is 7.51. The van der Waals surface area contributed by atoms with Crippen molar-refractivity contribution in [3.05, 3.63) is 0 Å². The van der Waals surface area contributed by atoms with Crippen LogP contribution in [0.25, 0.3) is 0 Å². The molecule has 2 aliphatic heterocycles. The zero-order valence-electron chi connectivity index (χ0n) is 12.4. The van der Waals surface area contributed by atoms with E-state index in [1.54, 1.807) is 8.61 Å². The Labute approximate surface area is 122 Å². The molecule has 2 heterocycles. The monoisotopic (exact) mass is 305 g/mol. The average molecular weight is 305 g/mol. The maximum atomic E-state index is 12.5. The van der Waals surface area contributed by atoms with Crippen LogP contribution in [0.2, 0.25) is 0 Å². The molecule has 1 N–H and O–H groups in total. The SMILES string of the molecule is CCCNCC1CCN(S(=O)(=O)N2CCOCC2)CC1. The maximum Gasteiger partial charge on any atom is 0.282 e. The van der Waals surface area contributed by atoms with E-state index in [-0.39, 0.29) is 0 Å². The summed E-state index contributed by atoms with van der Waals surface area (Å²) in [5.41, 5.74) is 0. The lowest BCUT2D eigenvalue weighted by molar-refractivity contribution is 0.0693. The van der Waals surface area contributed by atoms with Gasteiger partial charge in [-0.05, 0) is 38.3 Å². The molecule has 2 aliphatic rings. The van der Waals surface area contributed by atoms with Gasteiger partial charge < -0.3 is 10.1 Å². The number of nitrogens with zero attached hydrogens (tertiary/aromatic N) is 2. The van der Waals surface area contributed by atoms with Crippen molar-refractivity contribution in [3.63, 3.8) is 0 Å². The summed E-state index contributed by atoms with van der Waals surface area (Å²) in [5, 5.41) is 3.43. The summed E-state index contributed by atoms with van der Waals surface area (Å²) in [7, 11) is -3.27. The smallest absolute Gasteiger partial charge is 0.282 e. The lowest BCUT2D eigenvalue weighted by Crippen LogP contribution is -2.51. The van der Waals surface area contributed by atoms with Crippen LogP contribution in [0.5, 0.6) is 0 Å². The van der Waals surface area contributed by atoms with E-state index in [9.17, 15) is 8.42 Å². The van der Waals surface area contributed by atoms with Crippen LogP contribution < -0.4 is 5.32 Å². The van der Waals surface area contributed by atoms with Gasteiger partial charge >= 0.3 is 0 Å². The van der Waals surface area contributed by atoms with Crippen molar-refractivity contribution in [3.8, 4) is 0 Å². The van der Waals surface area contributed by atoms with E-state index < -0.39 is 10.2 Å². The molecule has 2 rings (SSSR count). The topological polar surface area (TPSA) is 61.9 Å². The highest BCUT2D eigenvalue weighted by Crippen LogP contribution is 2.21. The van der Waals surface area contributed by atoms with Gasteiger partial charge in [-0.3, -0.25) is 0 Å². The number of piperidine rings is 1. The number of hydrogen-bond donors (Lipinski definition) is 1. The molecular weight excluding hydrogens is 278 g/mol. The molecule has 0 aliphatic carbocycles. The van der Waals surface area contributed by atoms with Gasteiger partial charge in [0.2, 0.25) is 0 Å². The van der Waals surface area contributed by atoms with Gasteiger partial charge in [-0.25, -0.2) is 0 Å². The number of nitrogens with one attached hydrogen (secondary N) is 1. The van der Waals surface area contributed by atoms with E-state index >= 15 is 0 Å². The van der Waals surface area contributed by atoms with E-state index in [1.165, 1.54) is 0 Å². The Morgan fingerprint density at radius 1 is 1.10 bits per heavy atom. The van der Waals surface area contributed by atoms with Gasteiger partial charge in [-0.1, -0.05) is 6.92 Å². The Morgan fingerprint density at radius 3 is 2.30 bits per heavy atom. The third-order valence-electron chi connectivity index (χ3n) is 4.06. The van der Waals surface area contributed by atoms with Gasteiger partial charge in [-0.15, -0.1) is 0 Å². The molecule has 0 aromatic heterocycles. The zero-order chi connectivity index (χ0) is 14.4. The first kappa shape index (κ1) is 16.2. The molecular formula is C13H27N3O3S. The van der Waals surface area contributed by atoms with Gasteiger partial charge in [0, 0.05) is 26.2 Å². The van der Waals surface area contributed by atoms with Gasteiger partial charge in [0.1, 0.15) is 0 Å². The second kappa shape index (κ2) is 7.70. The van der Waals surface area contributed by atoms with Crippen LogP contribution in [0, 0.1) is 5.92 Å². The van der Waals surface area contributed by atoms with Crippen LogP contribution in [0.4, 0.5) is 0 Å². The standard InChI is InChI=1S/C13H27N3O3S/c1-2-5-14-12-13-3-6-15(7-4-13)20(17,18)16-8-10-19-11-9-16/h13-14H,2-12H2,1H3. The average Bonchev–Trinajstić information content (AvgIpc) is 2.49. The van der Waals surface area contributed by atoms with Crippen LogP contribution in [0.3, 0.4) is 0 Å². The summed E-state index contributed by atoms with van der Waals surface area (Å²) in [5.74, 6) is 0.609. The quantitative estimate of drug-likeness (QED) is 0.716. The van der Waals surface area contributed by atoms with Gasteiger partial charge in [0.05, 0.1) is 13.2 Å². The summed E-state index contributed by atoms with van der Waals surface area (Å²) in [6.07, 6.45) is 3.06. The minimum atomic E-state index is -3.27. The van der Waals surface area contributed by atoms with E-state index in [2.05, 4.69) is 12.2 Å². The predicted octanol–water partition coefficient (Wildman–Crippen LogP) is 0.275. The molecule has 0 spiro atoms. The van der Waals surface area contributed by atoms with Crippen LogP contribution >= 0.6 is 0 Å². The van der Waals surface area contributed by atoms with E-state index in [0.29, 0.717) is 45.3 Å². The fourth-order valence-corrected chi connectivity index (χ4v) is 4.38. The third-order valence-corrected chi connectivity index (χ3v) is 6.09. The first-order valence-electron chi connectivity index (χ1n) is 7.68. The molecule has 0 atom stereocenters. The highest BCUT2D eigenvalue weighted by atomic mass is 32.2. The normalized spacial score (nSPS) is 24.1. The van der Waals surface area contributed by atoms with E-state index in [4.69, 9.17) is 4.74 Å². The Bertz CT molecular complexity index is 374. The molecule has 6 nitrogen and oxygen atoms in total. The molecule has 2 fully saturated rings. The molecule has 20 heavy (non-hydrogen) atoms. The molecule has 118 valence electrons. The van der Waals surface area contributed by atoms with Crippen molar-refractivity contribution in [2.45, 2.75) is 26.2 Å². The van der Waals surface area contributed by atoms with Crippen LogP contribution in [-0.4, -0.2) is 69.5 Å². The predicted molar refractivity (Wildman–Crippen MR) is 78.8 cm³/mol. The maximum absolute atomic E-state index is 12.5. The zero-order valence-corrected chi connectivity index (χ0v) is 13.2. The number of rotatable bonds is 6. The molecule has 0 aromatic rings.